The number of fused-ring (bicyclic) bond motifs is 5. The van der Waals surface area contributed by atoms with Crippen molar-refractivity contribution < 1.29 is 23.2 Å². The molecule has 6 heteroatoms. The number of Topliss-reactive ketones (excluding diaryl/α,β-unsaturated/α-hetero) is 3. The van der Waals surface area contributed by atoms with Crippen LogP contribution in [-0.2, 0) is 0 Å². The lowest BCUT2D eigenvalue weighted by molar-refractivity contribution is 0.0652. The summed E-state index contributed by atoms with van der Waals surface area (Å²) in [5.41, 5.74) is 0.679. The van der Waals surface area contributed by atoms with Crippen LogP contribution in [0.25, 0.3) is 6.08 Å². The Bertz CT molecular complexity index is 1590. The topological polar surface area (TPSA) is 67.6 Å². The molecule has 1 aromatic heterocycles. The summed E-state index contributed by atoms with van der Waals surface area (Å²) in [6, 6.07) is 21.6. The molecule has 7 rings (SSSR count). The molecular formula is C31H20FNO4. The highest BCUT2D eigenvalue weighted by Gasteiger charge is 2.72. The predicted octanol–water partition coefficient (Wildman–Crippen LogP) is 5.74. The Hall–Kier alpha value is -4.58. The number of benzene rings is 3. The third-order valence-corrected chi connectivity index (χ3v) is 7.94. The van der Waals surface area contributed by atoms with E-state index in [4.69, 9.17) is 4.42 Å². The number of halogens is 1. The molecule has 1 aliphatic carbocycles. The largest absolute Gasteiger partial charge is 0.469 e. The van der Waals surface area contributed by atoms with Gasteiger partial charge in [0, 0.05) is 27.9 Å². The van der Waals surface area contributed by atoms with E-state index in [1.54, 1.807) is 78.9 Å². The van der Waals surface area contributed by atoms with Crippen LogP contribution in [0.5, 0.6) is 0 Å². The molecule has 0 saturated carbocycles. The first kappa shape index (κ1) is 21.7. The van der Waals surface area contributed by atoms with Crippen LogP contribution in [0.15, 0.2) is 102 Å². The molecule has 3 atom stereocenters. The summed E-state index contributed by atoms with van der Waals surface area (Å²) in [7, 11) is 0. The molecule has 37 heavy (non-hydrogen) atoms. The average molecular weight is 490 g/mol. The number of carbonyl (C=O) groups is 3. The molecule has 3 aliphatic rings. The summed E-state index contributed by atoms with van der Waals surface area (Å²) in [4.78, 5) is 44.9. The highest BCUT2D eigenvalue weighted by Crippen LogP contribution is 2.61. The van der Waals surface area contributed by atoms with Crippen LogP contribution in [-0.4, -0.2) is 29.4 Å². The normalized spacial score (nSPS) is 22.7. The van der Waals surface area contributed by atoms with E-state index in [1.807, 2.05) is 11.0 Å². The van der Waals surface area contributed by atoms with E-state index < -0.39 is 29.2 Å². The van der Waals surface area contributed by atoms with Gasteiger partial charge < -0.3 is 9.32 Å². The van der Waals surface area contributed by atoms with Crippen molar-refractivity contribution in [2.45, 2.75) is 18.0 Å². The van der Waals surface area contributed by atoms with Gasteiger partial charge in [0.25, 0.3) is 0 Å². The molecule has 0 bridgehead atoms. The lowest BCUT2D eigenvalue weighted by Crippen LogP contribution is -2.48. The summed E-state index contributed by atoms with van der Waals surface area (Å²) >= 11 is 0. The van der Waals surface area contributed by atoms with E-state index in [0.717, 1.165) is 0 Å². The van der Waals surface area contributed by atoms with E-state index in [0.29, 0.717) is 33.7 Å². The third-order valence-electron chi connectivity index (χ3n) is 7.94. The Morgan fingerprint density at radius 2 is 1.57 bits per heavy atom. The molecule has 180 valence electrons. The molecule has 3 aromatic carbocycles. The molecular weight excluding hydrogens is 469 g/mol. The Morgan fingerprint density at radius 1 is 0.865 bits per heavy atom. The maximum Gasteiger partial charge on any atom is 0.186 e. The maximum atomic E-state index is 14.4. The number of anilines is 1. The van der Waals surface area contributed by atoms with Crippen LogP contribution >= 0.6 is 0 Å². The van der Waals surface area contributed by atoms with Crippen LogP contribution in [0.1, 0.15) is 48.3 Å². The molecule has 0 N–H and O–H groups in total. The second-order valence-corrected chi connectivity index (χ2v) is 9.66. The first-order valence-corrected chi connectivity index (χ1v) is 12.1. The van der Waals surface area contributed by atoms with E-state index in [-0.39, 0.29) is 17.3 Å². The van der Waals surface area contributed by atoms with Crippen molar-refractivity contribution >= 4 is 29.1 Å². The van der Waals surface area contributed by atoms with Crippen molar-refractivity contribution in [2.24, 2.45) is 5.41 Å². The van der Waals surface area contributed by atoms with Crippen molar-refractivity contribution in [3.8, 4) is 0 Å². The van der Waals surface area contributed by atoms with Gasteiger partial charge in [-0.3, -0.25) is 14.4 Å². The second kappa shape index (κ2) is 7.71. The monoisotopic (exact) mass is 489 g/mol. The van der Waals surface area contributed by atoms with Gasteiger partial charge in [-0.05, 0) is 30.3 Å². The van der Waals surface area contributed by atoms with Gasteiger partial charge in [0.05, 0.1) is 18.2 Å². The minimum Gasteiger partial charge on any atom is -0.469 e. The van der Waals surface area contributed by atoms with Crippen LogP contribution in [0.3, 0.4) is 0 Å². The molecule has 0 amide bonds. The van der Waals surface area contributed by atoms with Crippen LogP contribution in [0.4, 0.5) is 10.1 Å². The standard InChI is InChI=1S/C31H20FNO4/c32-20-13-14-23-19(17-20)12-15-25-31(29(35)21-9-4-5-10-22(21)30(31)36)26(24-11-6-16-37-24)27(33(23)25)28(34)18-7-2-1-3-8-18/h1-17,25-27H/t25?,26-,27+/m0/s1. The molecule has 2 aliphatic heterocycles. The van der Waals surface area contributed by atoms with Gasteiger partial charge in [0.15, 0.2) is 17.3 Å². The van der Waals surface area contributed by atoms with Crippen LogP contribution in [0, 0.1) is 11.2 Å². The zero-order chi connectivity index (χ0) is 25.3. The van der Waals surface area contributed by atoms with Gasteiger partial charge >= 0.3 is 0 Å². The summed E-state index contributed by atoms with van der Waals surface area (Å²) in [6.45, 7) is 0. The number of rotatable bonds is 3. The molecule has 1 unspecified atom stereocenters. The average Bonchev–Trinajstić information content (AvgIpc) is 3.62. The zero-order valence-electron chi connectivity index (χ0n) is 19.5. The van der Waals surface area contributed by atoms with E-state index >= 15 is 0 Å². The lowest BCUT2D eigenvalue weighted by atomic mass is 9.65. The fraction of sp³-hybridized carbons (Fsp3) is 0.129. The number of nitrogens with zero attached hydrogens (tertiary/aromatic N) is 1. The van der Waals surface area contributed by atoms with Gasteiger partial charge in [-0.2, -0.15) is 0 Å². The Labute approximate surface area is 211 Å². The van der Waals surface area contributed by atoms with Crippen LogP contribution < -0.4 is 4.90 Å². The summed E-state index contributed by atoms with van der Waals surface area (Å²) in [5, 5.41) is 0. The Balaban J connectivity index is 1.55. The highest BCUT2D eigenvalue weighted by molar-refractivity contribution is 6.32. The fourth-order valence-corrected chi connectivity index (χ4v) is 6.50. The molecule has 1 saturated heterocycles. The van der Waals surface area contributed by atoms with Gasteiger partial charge in [0.2, 0.25) is 0 Å². The van der Waals surface area contributed by atoms with Gasteiger partial charge in [0.1, 0.15) is 23.0 Å². The fourth-order valence-electron chi connectivity index (χ4n) is 6.50. The SMILES string of the molecule is O=C(c1ccccc1)[C@H]1[C@H](c2ccco2)C2(C(=O)c3ccccc3C2=O)C2C=Cc3cc(F)ccc3N21. The minimum absolute atomic E-state index is 0.244. The van der Waals surface area contributed by atoms with Crippen molar-refractivity contribution in [3.63, 3.8) is 0 Å². The first-order chi connectivity index (χ1) is 18.0. The Kier molecular flexibility index (Phi) is 4.52. The summed E-state index contributed by atoms with van der Waals surface area (Å²) < 4.78 is 20.1. The summed E-state index contributed by atoms with van der Waals surface area (Å²) in [5.74, 6) is -1.84. The third kappa shape index (κ3) is 2.75. The van der Waals surface area contributed by atoms with Crippen molar-refractivity contribution in [2.75, 3.05) is 4.90 Å². The summed E-state index contributed by atoms with van der Waals surface area (Å²) in [6.07, 6.45) is 4.98. The van der Waals surface area contributed by atoms with E-state index in [2.05, 4.69) is 0 Å². The molecule has 3 heterocycles. The smallest absolute Gasteiger partial charge is 0.186 e. The number of carbonyl (C=O) groups excluding carboxylic acids is 3. The molecule has 5 nitrogen and oxygen atoms in total. The number of hydrogen-bond donors (Lipinski definition) is 0. The molecule has 1 fully saturated rings. The Morgan fingerprint density at radius 3 is 2.24 bits per heavy atom. The van der Waals surface area contributed by atoms with Gasteiger partial charge in [-0.1, -0.05) is 66.7 Å². The van der Waals surface area contributed by atoms with Crippen molar-refractivity contribution in [1.82, 2.24) is 0 Å². The lowest BCUT2D eigenvalue weighted by Gasteiger charge is -2.37. The van der Waals surface area contributed by atoms with Gasteiger partial charge in [-0.25, -0.2) is 4.39 Å². The maximum absolute atomic E-state index is 14.4. The minimum atomic E-state index is -1.63. The van der Waals surface area contributed by atoms with Gasteiger partial charge in [-0.15, -0.1) is 0 Å². The molecule has 0 radical (unpaired) electrons. The molecule has 4 aromatic rings. The number of hydrogen-bond acceptors (Lipinski definition) is 5. The van der Waals surface area contributed by atoms with Crippen LogP contribution in [0.2, 0.25) is 0 Å². The number of ketones is 3. The van der Waals surface area contributed by atoms with E-state index in [9.17, 15) is 18.8 Å². The first-order valence-electron chi connectivity index (χ1n) is 12.1. The van der Waals surface area contributed by atoms with E-state index in [1.165, 1.54) is 18.4 Å². The predicted molar refractivity (Wildman–Crippen MR) is 135 cm³/mol. The second-order valence-electron chi connectivity index (χ2n) is 9.66. The zero-order valence-corrected chi connectivity index (χ0v) is 19.5. The molecule has 1 spiro atoms. The van der Waals surface area contributed by atoms with Crippen molar-refractivity contribution in [1.29, 1.82) is 0 Å². The quantitative estimate of drug-likeness (QED) is 0.271. The highest BCUT2D eigenvalue weighted by atomic mass is 19.1. The van der Waals surface area contributed by atoms with Crippen molar-refractivity contribution in [3.05, 3.63) is 131 Å². The number of furan rings is 1.